The Kier molecular flexibility index (Phi) is 2.66. The van der Waals surface area contributed by atoms with Crippen molar-refractivity contribution in [2.24, 2.45) is 0 Å². The van der Waals surface area contributed by atoms with Crippen molar-refractivity contribution < 1.29 is 0 Å². The number of rotatable bonds is 0. The van der Waals surface area contributed by atoms with Crippen LogP contribution in [0.5, 0.6) is 0 Å². The maximum atomic E-state index is 3.05. The Morgan fingerprint density at radius 3 is 2.33 bits per heavy atom. The summed E-state index contributed by atoms with van der Waals surface area (Å²) in [5.74, 6) is 3.05. The van der Waals surface area contributed by atoms with E-state index in [1.807, 2.05) is 30.3 Å². The van der Waals surface area contributed by atoms with Crippen molar-refractivity contribution in [3.8, 4) is 9.86 Å². The van der Waals surface area contributed by atoms with E-state index in [1.54, 1.807) is 0 Å². The van der Waals surface area contributed by atoms with Gasteiger partial charge in [-0.25, -0.2) is 0 Å². The molecule has 0 aliphatic carbocycles. The van der Waals surface area contributed by atoms with Gasteiger partial charge in [0.1, 0.15) is 0 Å². The number of hydrogen-bond acceptors (Lipinski definition) is 0. The van der Waals surface area contributed by atoms with E-state index in [1.165, 1.54) is 0 Å². The van der Waals surface area contributed by atoms with Crippen LogP contribution in [0.25, 0.3) is 0 Å². The summed E-state index contributed by atoms with van der Waals surface area (Å²) in [6, 6.07) is 10.1. The van der Waals surface area contributed by atoms with Gasteiger partial charge < -0.3 is 0 Å². The van der Waals surface area contributed by atoms with Crippen LogP contribution in [0.15, 0.2) is 30.3 Å². The van der Waals surface area contributed by atoms with Gasteiger partial charge in [0, 0.05) is 0 Å². The molecule has 0 bridgehead atoms. The quantitative estimate of drug-likeness (QED) is 0.440. The van der Waals surface area contributed by atoms with E-state index < -0.39 is 0 Å². The summed E-state index contributed by atoms with van der Waals surface area (Å²) in [6.45, 7) is 0. The van der Waals surface area contributed by atoms with Gasteiger partial charge in [-0.3, -0.25) is 0 Å². The Bertz CT molecular complexity index is 228. The Hall–Kier alpha value is -0.421. The first-order valence-electron chi connectivity index (χ1n) is 2.91. The van der Waals surface area contributed by atoms with Crippen molar-refractivity contribution in [1.29, 1.82) is 0 Å². The molecular formula is C8H8Sn. The van der Waals surface area contributed by atoms with Crippen molar-refractivity contribution in [3.05, 3.63) is 35.9 Å². The molecule has 9 heavy (non-hydrogen) atoms. The van der Waals surface area contributed by atoms with Gasteiger partial charge in [-0.05, 0) is 0 Å². The number of benzene rings is 1. The first kappa shape index (κ1) is 6.70. The molecule has 44 valence electrons. The van der Waals surface area contributed by atoms with Crippen LogP contribution >= 0.6 is 0 Å². The Labute approximate surface area is 68.4 Å². The third-order valence-electron chi connectivity index (χ3n) is 1.04. The normalized spacial score (nSPS) is 8.00. The van der Waals surface area contributed by atoms with E-state index in [9.17, 15) is 0 Å². The molecule has 0 amide bonds. The molecule has 0 radical (unpaired) electrons. The van der Waals surface area contributed by atoms with E-state index in [0.29, 0.717) is 22.5 Å². The second kappa shape index (κ2) is 3.57. The summed E-state index contributed by atoms with van der Waals surface area (Å²) in [4.78, 5) is 0. The van der Waals surface area contributed by atoms with Gasteiger partial charge in [-0.2, -0.15) is 0 Å². The van der Waals surface area contributed by atoms with E-state index in [0.717, 1.165) is 5.56 Å². The van der Waals surface area contributed by atoms with Gasteiger partial charge in [0.05, 0.1) is 0 Å². The van der Waals surface area contributed by atoms with Gasteiger partial charge in [0.15, 0.2) is 0 Å². The molecule has 0 heterocycles. The average molecular weight is 223 g/mol. The molecule has 1 aromatic carbocycles. The topological polar surface area (TPSA) is 0 Å². The molecule has 0 N–H and O–H groups in total. The molecule has 0 fully saturated rings. The van der Waals surface area contributed by atoms with Crippen LogP contribution in [0.2, 0.25) is 0 Å². The predicted molar refractivity (Wildman–Crippen MR) is 43.3 cm³/mol. The molecule has 0 aromatic heterocycles. The maximum absolute atomic E-state index is 3.05. The van der Waals surface area contributed by atoms with Crippen molar-refractivity contribution >= 4 is 22.5 Å². The summed E-state index contributed by atoms with van der Waals surface area (Å²) >= 11 is 0.513. The van der Waals surface area contributed by atoms with E-state index in [2.05, 4.69) is 9.86 Å². The third-order valence-corrected chi connectivity index (χ3v) is 1.76. The fourth-order valence-corrected chi connectivity index (χ4v) is 1.49. The zero-order chi connectivity index (χ0) is 6.53. The second-order valence-electron chi connectivity index (χ2n) is 1.74. The van der Waals surface area contributed by atoms with Crippen molar-refractivity contribution in [3.63, 3.8) is 0 Å². The Morgan fingerprint density at radius 1 is 1.11 bits per heavy atom. The summed E-state index contributed by atoms with van der Waals surface area (Å²) in [5, 5.41) is 0. The molecule has 0 atom stereocenters. The zero-order valence-electron chi connectivity index (χ0n) is 5.39. The minimum absolute atomic E-state index is 0.513. The van der Waals surface area contributed by atoms with Crippen LogP contribution in [0.3, 0.4) is 0 Å². The Morgan fingerprint density at radius 2 is 1.78 bits per heavy atom. The van der Waals surface area contributed by atoms with Crippen LogP contribution < -0.4 is 0 Å². The van der Waals surface area contributed by atoms with Gasteiger partial charge >= 0.3 is 68.3 Å². The standard InChI is InChI=1S/C8H5.Sn.3H/c1-2-8-6-4-3-5-7-8;;;;/h3-7H;;;;. The third kappa shape index (κ3) is 2.11. The average Bonchev–Trinajstić information content (AvgIpc) is 1.91. The van der Waals surface area contributed by atoms with E-state index in [-0.39, 0.29) is 0 Å². The molecule has 0 nitrogen and oxygen atoms in total. The summed E-state index contributed by atoms with van der Waals surface area (Å²) in [5.41, 5.74) is 1.14. The molecule has 1 aromatic rings. The van der Waals surface area contributed by atoms with Crippen LogP contribution in [0.1, 0.15) is 5.56 Å². The van der Waals surface area contributed by atoms with Crippen LogP contribution in [0, 0.1) is 9.86 Å². The predicted octanol–water partition coefficient (Wildman–Crippen LogP) is 0.361. The van der Waals surface area contributed by atoms with Gasteiger partial charge in [-0.1, -0.05) is 0 Å². The summed E-state index contributed by atoms with van der Waals surface area (Å²) < 4.78 is 3.04. The van der Waals surface area contributed by atoms with Crippen molar-refractivity contribution in [1.82, 2.24) is 0 Å². The molecule has 0 unspecified atom stereocenters. The van der Waals surface area contributed by atoms with Crippen LogP contribution in [-0.2, 0) is 0 Å². The van der Waals surface area contributed by atoms with Crippen molar-refractivity contribution in [2.45, 2.75) is 0 Å². The van der Waals surface area contributed by atoms with E-state index in [4.69, 9.17) is 0 Å². The first-order valence-corrected chi connectivity index (χ1v) is 5.76. The van der Waals surface area contributed by atoms with Crippen LogP contribution in [0.4, 0.5) is 0 Å². The fourth-order valence-electron chi connectivity index (χ4n) is 0.666. The SMILES string of the molecule is [SnH3][C]#Cc1ccccc1. The molecule has 0 aliphatic rings. The fraction of sp³-hybridized carbons (Fsp3) is 0. The summed E-state index contributed by atoms with van der Waals surface area (Å²) in [7, 11) is 0. The molecule has 1 heteroatoms. The Balaban J connectivity index is 2.94. The minimum atomic E-state index is 0.513. The monoisotopic (exact) mass is 224 g/mol. The zero-order valence-corrected chi connectivity index (χ0v) is 11.1. The molecule has 0 aliphatic heterocycles. The van der Waals surface area contributed by atoms with Gasteiger partial charge in [-0.15, -0.1) is 0 Å². The van der Waals surface area contributed by atoms with Crippen molar-refractivity contribution in [2.75, 3.05) is 0 Å². The van der Waals surface area contributed by atoms with Gasteiger partial charge in [0.25, 0.3) is 0 Å². The molecule has 0 saturated heterocycles. The molecule has 1 rings (SSSR count). The molecule has 0 saturated carbocycles. The molecular weight excluding hydrogens is 215 g/mol. The van der Waals surface area contributed by atoms with Crippen LogP contribution in [-0.4, -0.2) is 22.5 Å². The van der Waals surface area contributed by atoms with E-state index >= 15 is 0 Å². The summed E-state index contributed by atoms with van der Waals surface area (Å²) in [6.07, 6.45) is 0. The second-order valence-corrected chi connectivity index (χ2v) is 3.17. The molecule has 0 spiro atoms. The van der Waals surface area contributed by atoms with Gasteiger partial charge in [0.2, 0.25) is 0 Å². The number of hydrogen-bond donors (Lipinski definition) is 0. The first-order chi connectivity index (χ1) is 4.43.